The maximum atomic E-state index is 11.7. The average molecular weight is 210 g/mol. The smallest absolute Gasteiger partial charge is 0.254 e. The first-order chi connectivity index (χ1) is 7.04. The Hall–Kier alpha value is -1.36. The number of nitrogens with one attached hydrogen (secondary N) is 1. The third kappa shape index (κ3) is 3.06. The number of aromatic nitrogens is 2. The molecule has 0 aliphatic carbocycles. The number of carbonyl (C=O) groups is 1. The number of hydrogen-bond donors (Lipinski definition) is 2. The molecule has 1 amide bonds. The normalized spacial score (nSPS) is 12.5. The van der Waals surface area contributed by atoms with Crippen molar-refractivity contribution in [1.29, 1.82) is 0 Å². The van der Waals surface area contributed by atoms with Gasteiger partial charge in [-0.1, -0.05) is 6.92 Å². The molecule has 0 aliphatic rings. The van der Waals surface area contributed by atoms with Gasteiger partial charge in [0.25, 0.3) is 5.91 Å². The van der Waals surface area contributed by atoms with Crippen LogP contribution >= 0.6 is 0 Å². The molecule has 1 aromatic rings. The quantitative estimate of drug-likeness (QED) is 0.738. The van der Waals surface area contributed by atoms with Crippen molar-refractivity contribution in [3.8, 4) is 0 Å². The average Bonchev–Trinajstić information content (AvgIpc) is 2.56. The molecule has 0 saturated heterocycles. The van der Waals surface area contributed by atoms with E-state index in [0.717, 1.165) is 12.1 Å². The molecule has 5 heteroatoms. The summed E-state index contributed by atoms with van der Waals surface area (Å²) in [7, 11) is 1.81. The second kappa shape index (κ2) is 4.93. The molecule has 0 aliphatic heterocycles. The largest absolute Gasteiger partial charge is 0.350 e. The van der Waals surface area contributed by atoms with E-state index in [-0.39, 0.29) is 11.9 Å². The van der Waals surface area contributed by atoms with Gasteiger partial charge in [-0.3, -0.25) is 9.48 Å². The van der Waals surface area contributed by atoms with Crippen molar-refractivity contribution in [3.05, 3.63) is 17.5 Å². The zero-order chi connectivity index (χ0) is 11.4. The summed E-state index contributed by atoms with van der Waals surface area (Å²) < 4.78 is 1.65. The van der Waals surface area contributed by atoms with E-state index in [1.54, 1.807) is 10.9 Å². The molecular weight excluding hydrogens is 192 g/mol. The molecule has 0 aromatic carbocycles. The molecule has 5 nitrogen and oxygen atoms in total. The summed E-state index contributed by atoms with van der Waals surface area (Å²) in [4.78, 5) is 11.7. The standard InChI is InChI=1S/C10H18N4O/c1-4-9-8(6-14(3)13-9)10(15)12-5-7(2)11/h6-7H,4-5,11H2,1-3H3,(H,12,15). The van der Waals surface area contributed by atoms with Gasteiger partial charge in [0.2, 0.25) is 0 Å². The Morgan fingerprint density at radius 2 is 2.40 bits per heavy atom. The lowest BCUT2D eigenvalue weighted by molar-refractivity contribution is 0.0951. The van der Waals surface area contributed by atoms with Gasteiger partial charge in [0, 0.05) is 25.8 Å². The fourth-order valence-corrected chi connectivity index (χ4v) is 1.33. The van der Waals surface area contributed by atoms with Gasteiger partial charge in [-0.25, -0.2) is 0 Å². The molecule has 1 rings (SSSR count). The van der Waals surface area contributed by atoms with Crippen LogP contribution in [0.4, 0.5) is 0 Å². The zero-order valence-corrected chi connectivity index (χ0v) is 9.45. The Morgan fingerprint density at radius 1 is 1.73 bits per heavy atom. The molecule has 0 bridgehead atoms. The number of rotatable bonds is 4. The highest BCUT2D eigenvalue weighted by Crippen LogP contribution is 2.06. The Labute approximate surface area is 89.6 Å². The molecule has 0 saturated carbocycles. The van der Waals surface area contributed by atoms with Gasteiger partial charge >= 0.3 is 0 Å². The van der Waals surface area contributed by atoms with Crippen LogP contribution < -0.4 is 11.1 Å². The maximum absolute atomic E-state index is 11.7. The van der Waals surface area contributed by atoms with Crippen LogP contribution in [-0.4, -0.2) is 28.3 Å². The number of nitrogens with two attached hydrogens (primary N) is 1. The highest BCUT2D eigenvalue weighted by atomic mass is 16.1. The van der Waals surface area contributed by atoms with E-state index in [4.69, 9.17) is 5.73 Å². The summed E-state index contributed by atoms with van der Waals surface area (Å²) in [5.74, 6) is -0.0998. The monoisotopic (exact) mass is 210 g/mol. The summed E-state index contributed by atoms with van der Waals surface area (Å²) >= 11 is 0. The fourth-order valence-electron chi connectivity index (χ4n) is 1.33. The number of amides is 1. The molecule has 1 aromatic heterocycles. The van der Waals surface area contributed by atoms with Gasteiger partial charge in [-0.05, 0) is 13.3 Å². The SMILES string of the molecule is CCc1nn(C)cc1C(=O)NCC(C)N. The highest BCUT2D eigenvalue weighted by molar-refractivity contribution is 5.95. The minimum Gasteiger partial charge on any atom is -0.350 e. The first kappa shape index (κ1) is 11.7. The molecule has 0 spiro atoms. The van der Waals surface area contributed by atoms with E-state index in [0.29, 0.717) is 12.1 Å². The third-order valence-electron chi connectivity index (χ3n) is 2.07. The highest BCUT2D eigenvalue weighted by Gasteiger charge is 2.13. The minimum atomic E-state index is -0.0998. The summed E-state index contributed by atoms with van der Waals surface area (Å²) in [5, 5.41) is 6.97. The van der Waals surface area contributed by atoms with Gasteiger partial charge in [0.1, 0.15) is 0 Å². The lowest BCUT2D eigenvalue weighted by Gasteiger charge is -2.06. The third-order valence-corrected chi connectivity index (χ3v) is 2.07. The van der Waals surface area contributed by atoms with Crippen LogP contribution in [0.25, 0.3) is 0 Å². The van der Waals surface area contributed by atoms with E-state index in [1.807, 2.05) is 20.9 Å². The van der Waals surface area contributed by atoms with E-state index in [9.17, 15) is 4.79 Å². The number of carbonyl (C=O) groups excluding carboxylic acids is 1. The lowest BCUT2D eigenvalue weighted by Crippen LogP contribution is -2.35. The van der Waals surface area contributed by atoms with Gasteiger partial charge in [0.05, 0.1) is 11.3 Å². The Kier molecular flexibility index (Phi) is 3.85. The van der Waals surface area contributed by atoms with Crippen LogP contribution in [0.2, 0.25) is 0 Å². The number of hydrogen-bond acceptors (Lipinski definition) is 3. The van der Waals surface area contributed by atoms with Crippen molar-refractivity contribution in [3.63, 3.8) is 0 Å². The Morgan fingerprint density at radius 3 is 2.93 bits per heavy atom. The van der Waals surface area contributed by atoms with Crippen LogP contribution in [-0.2, 0) is 13.5 Å². The van der Waals surface area contributed by atoms with Gasteiger partial charge in [-0.2, -0.15) is 5.10 Å². The number of aryl methyl sites for hydroxylation is 2. The maximum Gasteiger partial charge on any atom is 0.254 e. The van der Waals surface area contributed by atoms with Gasteiger partial charge in [-0.15, -0.1) is 0 Å². The predicted octanol–water partition coefficient (Wildman–Crippen LogP) is 0.0595. The van der Waals surface area contributed by atoms with Crippen molar-refractivity contribution in [2.75, 3.05) is 6.54 Å². The van der Waals surface area contributed by atoms with E-state index < -0.39 is 0 Å². The van der Waals surface area contributed by atoms with E-state index >= 15 is 0 Å². The van der Waals surface area contributed by atoms with Crippen molar-refractivity contribution < 1.29 is 4.79 Å². The van der Waals surface area contributed by atoms with Crippen molar-refractivity contribution in [2.24, 2.45) is 12.8 Å². The molecule has 0 radical (unpaired) electrons. The molecule has 0 fully saturated rings. The first-order valence-corrected chi connectivity index (χ1v) is 5.10. The van der Waals surface area contributed by atoms with E-state index in [2.05, 4.69) is 10.4 Å². The fraction of sp³-hybridized carbons (Fsp3) is 0.600. The zero-order valence-electron chi connectivity index (χ0n) is 9.45. The summed E-state index contributed by atoms with van der Waals surface area (Å²) in [6.45, 7) is 4.31. The van der Waals surface area contributed by atoms with E-state index in [1.165, 1.54) is 0 Å². The van der Waals surface area contributed by atoms with Crippen molar-refractivity contribution in [2.45, 2.75) is 26.3 Å². The molecule has 1 unspecified atom stereocenters. The summed E-state index contributed by atoms with van der Waals surface area (Å²) in [5.41, 5.74) is 7.02. The summed E-state index contributed by atoms with van der Waals surface area (Å²) in [6.07, 6.45) is 2.48. The van der Waals surface area contributed by atoms with Crippen LogP contribution in [0.3, 0.4) is 0 Å². The van der Waals surface area contributed by atoms with Crippen molar-refractivity contribution in [1.82, 2.24) is 15.1 Å². The molecule has 1 atom stereocenters. The first-order valence-electron chi connectivity index (χ1n) is 5.10. The molecule has 15 heavy (non-hydrogen) atoms. The Bertz CT molecular complexity index is 343. The van der Waals surface area contributed by atoms with Gasteiger partial charge < -0.3 is 11.1 Å². The second-order valence-electron chi connectivity index (χ2n) is 3.70. The topological polar surface area (TPSA) is 72.9 Å². The van der Waals surface area contributed by atoms with Crippen LogP contribution in [0.5, 0.6) is 0 Å². The van der Waals surface area contributed by atoms with Crippen LogP contribution in [0.1, 0.15) is 29.9 Å². The predicted molar refractivity (Wildman–Crippen MR) is 58.6 cm³/mol. The van der Waals surface area contributed by atoms with Crippen LogP contribution in [0.15, 0.2) is 6.20 Å². The molecular formula is C10H18N4O. The second-order valence-corrected chi connectivity index (χ2v) is 3.70. The Balaban J connectivity index is 2.72. The summed E-state index contributed by atoms with van der Waals surface area (Å²) in [6, 6.07) is -0.0318. The lowest BCUT2D eigenvalue weighted by atomic mass is 10.2. The van der Waals surface area contributed by atoms with Crippen molar-refractivity contribution >= 4 is 5.91 Å². The van der Waals surface area contributed by atoms with Crippen LogP contribution in [0, 0.1) is 0 Å². The minimum absolute atomic E-state index is 0.0318. The molecule has 84 valence electrons. The van der Waals surface area contributed by atoms with Gasteiger partial charge in [0.15, 0.2) is 0 Å². The molecule has 1 heterocycles. The molecule has 3 N–H and O–H groups in total. The number of nitrogens with zero attached hydrogens (tertiary/aromatic N) is 2.